The Morgan fingerprint density at radius 1 is 1.42 bits per heavy atom. The zero-order chi connectivity index (χ0) is 17.3. The monoisotopic (exact) mass is 330 g/mol. The number of β-amino-alcohol motifs (C(OH)–C–C–N with tert-alkyl or cyclic N) is 1. The summed E-state index contributed by atoms with van der Waals surface area (Å²) in [5.41, 5.74) is 0.464. The van der Waals surface area contributed by atoms with E-state index in [2.05, 4.69) is 15.5 Å². The van der Waals surface area contributed by atoms with E-state index in [1.165, 1.54) is 0 Å². The summed E-state index contributed by atoms with van der Waals surface area (Å²) < 4.78 is 1.59. The highest BCUT2D eigenvalue weighted by Crippen LogP contribution is 2.24. The predicted molar refractivity (Wildman–Crippen MR) is 87.9 cm³/mol. The van der Waals surface area contributed by atoms with Crippen molar-refractivity contribution >= 4 is 5.91 Å². The number of likely N-dealkylation sites (N-methyl/N-ethyl adjacent to an activating group) is 1. The van der Waals surface area contributed by atoms with E-state index in [1.54, 1.807) is 28.6 Å². The van der Waals surface area contributed by atoms with Gasteiger partial charge in [0.1, 0.15) is 0 Å². The summed E-state index contributed by atoms with van der Waals surface area (Å²) in [6, 6.07) is 7.21. The van der Waals surface area contributed by atoms with Crippen molar-refractivity contribution < 1.29 is 9.90 Å². The molecule has 2 aromatic rings. The minimum Gasteiger partial charge on any atom is -0.387 e. The van der Waals surface area contributed by atoms with Crippen LogP contribution in [0.4, 0.5) is 0 Å². The third-order valence-electron chi connectivity index (χ3n) is 4.19. The molecule has 1 aromatic heterocycles. The highest BCUT2D eigenvalue weighted by Gasteiger charge is 2.38. The van der Waals surface area contributed by atoms with Crippen LogP contribution < -0.4 is 0 Å². The summed E-state index contributed by atoms with van der Waals surface area (Å²) in [5.74, 6) is 0.568. The Labute approximate surface area is 140 Å². The first-order chi connectivity index (χ1) is 11.4. The van der Waals surface area contributed by atoms with Gasteiger partial charge >= 0.3 is 0 Å². The Morgan fingerprint density at radius 3 is 2.88 bits per heavy atom. The number of aromatic nitrogens is 4. The van der Waals surface area contributed by atoms with Gasteiger partial charge in [0.25, 0.3) is 5.91 Å². The largest absolute Gasteiger partial charge is 0.387 e. The SMILES string of the molecule is Cc1nnnn1-c1cccc(C(=O)N2CC[C@@](O)(CN(C)C)C2)c1. The van der Waals surface area contributed by atoms with Gasteiger partial charge in [-0.2, -0.15) is 4.68 Å². The molecule has 0 radical (unpaired) electrons. The molecule has 1 fully saturated rings. The van der Waals surface area contributed by atoms with Crippen LogP contribution in [0.3, 0.4) is 0 Å². The molecule has 1 atom stereocenters. The molecular formula is C16H22N6O2. The maximum Gasteiger partial charge on any atom is 0.254 e. The lowest BCUT2D eigenvalue weighted by Gasteiger charge is -2.26. The Balaban J connectivity index is 1.78. The van der Waals surface area contributed by atoms with Gasteiger partial charge in [0.05, 0.1) is 17.8 Å². The van der Waals surface area contributed by atoms with Crippen LogP contribution >= 0.6 is 0 Å². The van der Waals surface area contributed by atoms with Gasteiger partial charge in [-0.05, 0) is 56.1 Å². The van der Waals surface area contributed by atoms with Gasteiger partial charge in [0.2, 0.25) is 0 Å². The summed E-state index contributed by atoms with van der Waals surface area (Å²) in [6.07, 6.45) is 0.586. The number of amides is 1. The minimum atomic E-state index is -0.844. The Bertz CT molecular complexity index is 744. The molecule has 8 nitrogen and oxygen atoms in total. The van der Waals surface area contributed by atoms with Crippen LogP contribution in [0, 0.1) is 6.92 Å². The molecule has 128 valence electrons. The summed E-state index contributed by atoms with van der Waals surface area (Å²) in [7, 11) is 3.83. The lowest BCUT2D eigenvalue weighted by Crippen LogP contribution is -2.43. The molecule has 1 aromatic carbocycles. The molecule has 2 heterocycles. The van der Waals surface area contributed by atoms with E-state index in [0.29, 0.717) is 37.4 Å². The van der Waals surface area contributed by atoms with Crippen molar-refractivity contribution in [3.05, 3.63) is 35.7 Å². The second-order valence-corrected chi connectivity index (χ2v) is 6.63. The van der Waals surface area contributed by atoms with Gasteiger partial charge < -0.3 is 14.9 Å². The Kier molecular flexibility index (Phi) is 4.33. The van der Waals surface area contributed by atoms with Crippen LogP contribution in [0.15, 0.2) is 24.3 Å². The van der Waals surface area contributed by atoms with Crippen molar-refractivity contribution in [2.75, 3.05) is 33.7 Å². The third kappa shape index (κ3) is 3.29. The van der Waals surface area contributed by atoms with Crippen molar-refractivity contribution in [3.63, 3.8) is 0 Å². The lowest BCUT2D eigenvalue weighted by atomic mass is 10.0. The highest BCUT2D eigenvalue weighted by molar-refractivity contribution is 5.95. The zero-order valence-electron chi connectivity index (χ0n) is 14.2. The van der Waals surface area contributed by atoms with Crippen molar-refractivity contribution in [2.45, 2.75) is 18.9 Å². The predicted octanol–water partition coefficient (Wildman–Crippen LogP) is 0.109. The van der Waals surface area contributed by atoms with Gasteiger partial charge in [-0.15, -0.1) is 5.10 Å². The molecule has 3 rings (SSSR count). The molecule has 0 bridgehead atoms. The average molecular weight is 330 g/mol. The smallest absolute Gasteiger partial charge is 0.254 e. The van der Waals surface area contributed by atoms with Crippen molar-refractivity contribution in [3.8, 4) is 5.69 Å². The number of nitrogens with zero attached hydrogens (tertiary/aromatic N) is 6. The van der Waals surface area contributed by atoms with Crippen LogP contribution in [-0.4, -0.2) is 80.4 Å². The minimum absolute atomic E-state index is 0.0859. The molecule has 1 saturated heterocycles. The second kappa shape index (κ2) is 6.29. The maximum absolute atomic E-state index is 12.8. The Morgan fingerprint density at radius 2 is 2.21 bits per heavy atom. The quantitative estimate of drug-likeness (QED) is 0.856. The first-order valence-corrected chi connectivity index (χ1v) is 7.90. The van der Waals surface area contributed by atoms with Gasteiger partial charge in [0.15, 0.2) is 5.82 Å². The Hall–Kier alpha value is -2.32. The topological polar surface area (TPSA) is 87.4 Å². The highest BCUT2D eigenvalue weighted by atomic mass is 16.3. The molecule has 8 heteroatoms. The van der Waals surface area contributed by atoms with Gasteiger partial charge in [-0.3, -0.25) is 4.79 Å². The summed E-state index contributed by atoms with van der Waals surface area (Å²) in [5, 5.41) is 22.0. The number of carbonyl (C=O) groups is 1. The number of hydrogen-bond donors (Lipinski definition) is 1. The van der Waals surface area contributed by atoms with E-state index < -0.39 is 5.60 Å². The fourth-order valence-corrected chi connectivity index (χ4v) is 3.17. The maximum atomic E-state index is 12.8. The molecular weight excluding hydrogens is 308 g/mol. The van der Waals surface area contributed by atoms with Crippen molar-refractivity contribution in [2.24, 2.45) is 0 Å². The number of likely N-dealkylation sites (tertiary alicyclic amines) is 1. The number of aryl methyl sites for hydroxylation is 1. The van der Waals surface area contributed by atoms with Gasteiger partial charge in [-0.25, -0.2) is 0 Å². The molecule has 1 aliphatic rings. The van der Waals surface area contributed by atoms with Crippen LogP contribution in [0.25, 0.3) is 5.69 Å². The molecule has 0 aliphatic carbocycles. The van der Waals surface area contributed by atoms with Crippen LogP contribution in [0.2, 0.25) is 0 Å². The fourth-order valence-electron chi connectivity index (χ4n) is 3.17. The first-order valence-electron chi connectivity index (χ1n) is 7.90. The molecule has 1 aliphatic heterocycles. The van der Waals surface area contributed by atoms with Crippen molar-refractivity contribution in [1.29, 1.82) is 0 Å². The van der Waals surface area contributed by atoms with Gasteiger partial charge in [0, 0.05) is 18.7 Å². The van der Waals surface area contributed by atoms with Crippen LogP contribution in [0.5, 0.6) is 0 Å². The number of rotatable bonds is 4. The van der Waals surface area contributed by atoms with Crippen LogP contribution in [0.1, 0.15) is 22.6 Å². The number of benzene rings is 1. The van der Waals surface area contributed by atoms with E-state index >= 15 is 0 Å². The number of hydrogen-bond acceptors (Lipinski definition) is 6. The summed E-state index contributed by atoms with van der Waals surface area (Å²) in [4.78, 5) is 16.4. The van der Waals surface area contributed by atoms with E-state index in [-0.39, 0.29) is 5.91 Å². The van der Waals surface area contributed by atoms with Crippen molar-refractivity contribution in [1.82, 2.24) is 30.0 Å². The molecule has 24 heavy (non-hydrogen) atoms. The van der Waals surface area contributed by atoms with Gasteiger partial charge in [-0.1, -0.05) is 6.07 Å². The third-order valence-corrected chi connectivity index (χ3v) is 4.19. The number of aliphatic hydroxyl groups is 1. The summed E-state index contributed by atoms with van der Waals surface area (Å²) in [6.45, 7) is 3.24. The van der Waals surface area contributed by atoms with E-state index in [1.807, 2.05) is 31.1 Å². The molecule has 1 amide bonds. The molecule has 0 spiro atoms. The van der Waals surface area contributed by atoms with Crippen LogP contribution in [-0.2, 0) is 0 Å². The fraction of sp³-hybridized carbons (Fsp3) is 0.500. The molecule has 1 N–H and O–H groups in total. The lowest BCUT2D eigenvalue weighted by molar-refractivity contribution is 0.0236. The standard InChI is InChI=1S/C16H22N6O2/c1-12-17-18-19-22(12)14-6-4-5-13(9-14)15(23)21-8-7-16(24,11-21)10-20(2)3/h4-6,9,24H,7-8,10-11H2,1-3H3/t16-/m1/s1. The first kappa shape index (κ1) is 16.5. The average Bonchev–Trinajstić information content (AvgIpc) is 3.12. The number of carbonyl (C=O) groups excluding carboxylic acids is 1. The second-order valence-electron chi connectivity index (χ2n) is 6.63. The van der Waals surface area contributed by atoms with E-state index in [0.717, 1.165) is 5.69 Å². The normalized spacial score (nSPS) is 20.8. The molecule has 0 saturated carbocycles. The van der Waals surface area contributed by atoms with E-state index in [4.69, 9.17) is 0 Å². The summed E-state index contributed by atoms with van der Waals surface area (Å²) >= 11 is 0. The molecule has 0 unspecified atom stereocenters. The zero-order valence-corrected chi connectivity index (χ0v) is 14.2. The van der Waals surface area contributed by atoms with E-state index in [9.17, 15) is 9.90 Å². The number of tetrazole rings is 1.